The second-order valence-corrected chi connectivity index (χ2v) is 14.2. The summed E-state index contributed by atoms with van der Waals surface area (Å²) in [5, 5.41) is 7.28. The van der Waals surface area contributed by atoms with Gasteiger partial charge in [0.15, 0.2) is 0 Å². The van der Waals surface area contributed by atoms with Crippen LogP contribution in [0.1, 0.15) is 0 Å². The van der Waals surface area contributed by atoms with Crippen molar-refractivity contribution in [2.24, 2.45) is 0 Å². The third-order valence-electron chi connectivity index (χ3n) is 11.0. The third kappa shape index (κ3) is 5.20. The SMILES string of the molecule is c1ccc(-c2ccccc2N(c2ccc(-c3ccc(-n4c5ccccc5c5cc6ccccc6cc54)cc3)cc2)c2ccc3c(c2)oc2ccccc23)cc1. The van der Waals surface area contributed by atoms with Crippen LogP contribution in [0.4, 0.5) is 17.1 Å². The number of benzene rings is 9. The predicted octanol–water partition coefficient (Wildman–Crippen LogP) is 14.6. The van der Waals surface area contributed by atoms with Crippen LogP contribution in [0.2, 0.25) is 0 Å². The number of anilines is 3. The minimum atomic E-state index is 0.869. The Bertz CT molecular complexity index is 3190. The molecule has 0 amide bonds. The number of hydrogen-bond acceptors (Lipinski definition) is 2. The van der Waals surface area contributed by atoms with Crippen LogP contribution in [0, 0.1) is 0 Å². The van der Waals surface area contributed by atoms with E-state index in [-0.39, 0.29) is 0 Å². The largest absolute Gasteiger partial charge is 0.456 e. The molecule has 0 aliphatic heterocycles. The van der Waals surface area contributed by atoms with E-state index in [1.165, 1.54) is 43.7 Å². The van der Waals surface area contributed by atoms with E-state index >= 15 is 0 Å². The number of rotatable bonds is 6. The maximum absolute atomic E-state index is 6.38. The van der Waals surface area contributed by atoms with Crippen LogP contribution >= 0.6 is 0 Å². The average Bonchev–Trinajstić information content (AvgIpc) is 3.78. The van der Waals surface area contributed by atoms with Crippen molar-refractivity contribution in [3.63, 3.8) is 0 Å². The lowest BCUT2D eigenvalue weighted by atomic mass is 10.0. The maximum atomic E-state index is 6.38. The van der Waals surface area contributed by atoms with Gasteiger partial charge >= 0.3 is 0 Å². The zero-order valence-electron chi connectivity index (χ0n) is 29.9. The summed E-state index contributed by atoms with van der Waals surface area (Å²) in [6.07, 6.45) is 0. The highest BCUT2D eigenvalue weighted by molar-refractivity contribution is 6.13. The number of nitrogens with zero attached hydrogens (tertiary/aromatic N) is 2. The lowest BCUT2D eigenvalue weighted by Gasteiger charge is -2.28. The molecule has 0 aliphatic rings. The van der Waals surface area contributed by atoms with Crippen LogP contribution in [0.5, 0.6) is 0 Å². The van der Waals surface area contributed by atoms with Gasteiger partial charge in [-0.15, -0.1) is 0 Å². The van der Waals surface area contributed by atoms with Crippen LogP contribution in [0.3, 0.4) is 0 Å². The Balaban J connectivity index is 0.999. The molecule has 9 aromatic carbocycles. The van der Waals surface area contributed by atoms with Crippen LogP contribution in [-0.2, 0) is 0 Å². The number of para-hydroxylation sites is 3. The Morgan fingerprint density at radius 3 is 1.80 bits per heavy atom. The molecule has 0 fully saturated rings. The molecule has 0 spiro atoms. The van der Waals surface area contributed by atoms with Gasteiger partial charge in [0.1, 0.15) is 11.2 Å². The lowest BCUT2D eigenvalue weighted by molar-refractivity contribution is 0.669. The predicted molar refractivity (Wildman–Crippen MR) is 231 cm³/mol. The van der Waals surface area contributed by atoms with E-state index in [1.807, 2.05) is 12.1 Å². The van der Waals surface area contributed by atoms with Crippen LogP contribution in [0.25, 0.3) is 82.5 Å². The normalized spacial score (nSPS) is 11.6. The molecule has 11 rings (SSSR count). The smallest absolute Gasteiger partial charge is 0.137 e. The van der Waals surface area contributed by atoms with Crippen LogP contribution in [0.15, 0.2) is 211 Å². The molecule has 258 valence electrons. The number of aromatic nitrogens is 1. The van der Waals surface area contributed by atoms with Gasteiger partial charge in [-0.25, -0.2) is 0 Å². The van der Waals surface area contributed by atoms with E-state index in [9.17, 15) is 0 Å². The topological polar surface area (TPSA) is 21.3 Å². The van der Waals surface area contributed by atoms with Gasteiger partial charge in [0.05, 0.1) is 16.7 Å². The number of hydrogen-bond donors (Lipinski definition) is 0. The maximum Gasteiger partial charge on any atom is 0.137 e. The molecule has 0 unspecified atom stereocenters. The van der Waals surface area contributed by atoms with Crippen molar-refractivity contribution < 1.29 is 4.42 Å². The van der Waals surface area contributed by atoms with Crippen molar-refractivity contribution in [3.05, 3.63) is 206 Å². The van der Waals surface area contributed by atoms with Crippen molar-refractivity contribution in [2.45, 2.75) is 0 Å². The Morgan fingerprint density at radius 1 is 0.364 bits per heavy atom. The van der Waals surface area contributed by atoms with Gasteiger partial charge in [0, 0.05) is 50.2 Å². The first-order chi connectivity index (χ1) is 27.3. The number of fused-ring (bicyclic) bond motifs is 7. The van der Waals surface area contributed by atoms with Gasteiger partial charge in [-0.05, 0) is 94.2 Å². The molecule has 0 bridgehead atoms. The summed E-state index contributed by atoms with van der Waals surface area (Å²) in [5.41, 5.74) is 13.2. The zero-order valence-corrected chi connectivity index (χ0v) is 29.9. The van der Waals surface area contributed by atoms with Gasteiger partial charge in [-0.3, -0.25) is 0 Å². The van der Waals surface area contributed by atoms with Gasteiger partial charge in [-0.2, -0.15) is 0 Å². The number of furan rings is 1. The Hall–Kier alpha value is -7.36. The summed E-state index contributed by atoms with van der Waals surface area (Å²) in [5.74, 6) is 0. The third-order valence-corrected chi connectivity index (χ3v) is 11.0. The molecule has 0 N–H and O–H groups in total. The zero-order chi connectivity index (χ0) is 36.3. The second kappa shape index (κ2) is 12.6. The minimum absolute atomic E-state index is 0.869. The van der Waals surface area contributed by atoms with Gasteiger partial charge in [-0.1, -0.05) is 133 Å². The van der Waals surface area contributed by atoms with E-state index in [4.69, 9.17) is 4.42 Å². The summed E-state index contributed by atoms with van der Waals surface area (Å²) >= 11 is 0. The second-order valence-electron chi connectivity index (χ2n) is 14.2. The molecule has 0 atom stereocenters. The van der Waals surface area contributed by atoms with E-state index < -0.39 is 0 Å². The summed E-state index contributed by atoms with van der Waals surface area (Å²) in [7, 11) is 0. The first-order valence-electron chi connectivity index (χ1n) is 18.8. The fourth-order valence-corrected chi connectivity index (χ4v) is 8.35. The Morgan fingerprint density at radius 2 is 0.982 bits per heavy atom. The fourth-order valence-electron chi connectivity index (χ4n) is 8.35. The molecule has 2 aromatic heterocycles. The summed E-state index contributed by atoms with van der Waals surface area (Å²) < 4.78 is 8.77. The summed E-state index contributed by atoms with van der Waals surface area (Å²) in [6, 6.07) is 73.9. The van der Waals surface area contributed by atoms with Crippen molar-refractivity contribution in [1.82, 2.24) is 4.57 Å². The molecule has 0 saturated heterocycles. The van der Waals surface area contributed by atoms with Gasteiger partial charge < -0.3 is 13.9 Å². The van der Waals surface area contributed by atoms with Crippen molar-refractivity contribution in [2.75, 3.05) is 4.90 Å². The molecule has 55 heavy (non-hydrogen) atoms. The van der Waals surface area contributed by atoms with Gasteiger partial charge in [0.2, 0.25) is 0 Å². The van der Waals surface area contributed by atoms with E-state index in [2.05, 4.69) is 204 Å². The highest BCUT2D eigenvalue weighted by atomic mass is 16.3. The molecule has 0 saturated carbocycles. The molecule has 3 nitrogen and oxygen atoms in total. The highest BCUT2D eigenvalue weighted by Gasteiger charge is 2.19. The Kier molecular flexibility index (Phi) is 7.17. The van der Waals surface area contributed by atoms with E-state index in [0.29, 0.717) is 0 Å². The van der Waals surface area contributed by atoms with E-state index in [1.54, 1.807) is 0 Å². The monoisotopic (exact) mass is 702 g/mol. The fraction of sp³-hybridized carbons (Fsp3) is 0. The quantitative estimate of drug-likeness (QED) is 0.172. The molecular weight excluding hydrogens is 669 g/mol. The molecule has 3 heteroatoms. The molecule has 0 radical (unpaired) electrons. The van der Waals surface area contributed by atoms with Crippen LogP contribution in [-0.4, -0.2) is 4.57 Å². The molecule has 2 heterocycles. The Labute approximate surface area is 318 Å². The molecule has 0 aliphatic carbocycles. The molecular formula is C52H34N2O. The molecule has 11 aromatic rings. The average molecular weight is 703 g/mol. The standard InChI is InChI=1S/C52H34N2O/c1-2-12-37(13-3-1)43-16-6-9-19-48(43)53(42-30-31-46-45-18-8-11-21-51(45)55-52(46)34-42)40-26-22-35(23-27-40)36-24-28-41(29-25-36)54-49-20-10-7-17-44(49)47-32-38-14-4-5-15-39(38)33-50(47)54/h1-34H. The van der Waals surface area contributed by atoms with Crippen molar-refractivity contribution in [3.8, 4) is 27.9 Å². The van der Waals surface area contributed by atoms with Crippen LogP contribution < -0.4 is 4.90 Å². The summed E-state index contributed by atoms with van der Waals surface area (Å²) in [6.45, 7) is 0. The minimum Gasteiger partial charge on any atom is -0.456 e. The first kappa shape index (κ1) is 31.2. The highest BCUT2D eigenvalue weighted by Crippen LogP contribution is 2.43. The lowest BCUT2D eigenvalue weighted by Crippen LogP contribution is -2.11. The summed E-state index contributed by atoms with van der Waals surface area (Å²) in [4.78, 5) is 2.34. The van der Waals surface area contributed by atoms with Gasteiger partial charge in [0.25, 0.3) is 0 Å². The van der Waals surface area contributed by atoms with E-state index in [0.717, 1.165) is 55.8 Å². The van der Waals surface area contributed by atoms with Crippen molar-refractivity contribution in [1.29, 1.82) is 0 Å². The van der Waals surface area contributed by atoms with Crippen molar-refractivity contribution >= 4 is 71.6 Å². The first-order valence-corrected chi connectivity index (χ1v) is 18.8.